The average molecular weight is 423 g/mol. The monoisotopic (exact) mass is 422 g/mol. The molecule has 1 atom stereocenters. The molecule has 0 aromatic heterocycles. The zero-order valence-corrected chi connectivity index (χ0v) is 18.5. The Morgan fingerprint density at radius 3 is 2.18 bits per heavy atom. The van der Waals surface area contributed by atoms with Gasteiger partial charge in [0.25, 0.3) is 0 Å². The van der Waals surface area contributed by atoms with Crippen LogP contribution in [-0.2, 0) is 24.1 Å². The highest BCUT2D eigenvalue weighted by molar-refractivity contribution is 7.80. The van der Waals surface area contributed by atoms with Crippen LogP contribution in [0.25, 0.3) is 0 Å². The molecule has 0 radical (unpaired) electrons. The smallest absolute Gasteiger partial charge is 0.325 e. The summed E-state index contributed by atoms with van der Waals surface area (Å²) in [5.74, 6) is -0.120. The quantitative estimate of drug-likeness (QED) is 0.197. The lowest BCUT2D eigenvalue weighted by Crippen LogP contribution is -3.03. The second-order valence-electron chi connectivity index (χ2n) is 6.99. The summed E-state index contributed by atoms with van der Waals surface area (Å²) in [4.78, 5) is 14.6. The number of hydrogen-bond acceptors (Lipinski definition) is 7. The maximum Gasteiger partial charge on any atom is 0.325 e. The Hall–Kier alpha value is -1.16. The van der Waals surface area contributed by atoms with Gasteiger partial charge in [0.05, 0.1) is 26.5 Å². The highest BCUT2D eigenvalue weighted by Gasteiger charge is 2.16. The van der Waals surface area contributed by atoms with Gasteiger partial charge in [-0.2, -0.15) is 0 Å². The molecule has 0 saturated heterocycles. The summed E-state index contributed by atoms with van der Waals surface area (Å²) >= 11 is 0. The lowest BCUT2D eigenvalue weighted by molar-refractivity contribution is -0.826. The first-order valence-corrected chi connectivity index (χ1v) is 11.6. The first kappa shape index (κ1) is 26.8. The van der Waals surface area contributed by atoms with Crippen molar-refractivity contribution in [1.29, 1.82) is 0 Å². The molecule has 0 bridgehead atoms. The molecule has 1 unspecified atom stereocenters. The van der Waals surface area contributed by atoms with E-state index in [2.05, 4.69) is 25.1 Å². The van der Waals surface area contributed by atoms with Gasteiger partial charge in [0.1, 0.15) is 12.7 Å². The van der Waals surface area contributed by atoms with Crippen LogP contribution < -0.4 is 4.90 Å². The Labute approximate surface area is 170 Å². The Morgan fingerprint density at radius 1 is 1.04 bits per heavy atom. The van der Waals surface area contributed by atoms with Crippen molar-refractivity contribution in [1.82, 2.24) is 4.90 Å². The van der Waals surface area contributed by atoms with Crippen molar-refractivity contribution >= 4 is 16.4 Å². The molecule has 166 valence electrons. The summed E-state index contributed by atoms with van der Waals surface area (Å²) in [6.45, 7) is 6.08. The first-order valence-electron chi connectivity index (χ1n) is 10.3. The molecule has 1 heterocycles. The van der Waals surface area contributed by atoms with Gasteiger partial charge < -0.3 is 14.2 Å². The molecular formula is C19H38N2O6S. The molecule has 0 amide bonds. The van der Waals surface area contributed by atoms with Crippen LogP contribution in [0.1, 0.15) is 71.6 Å². The van der Waals surface area contributed by atoms with E-state index in [0.717, 1.165) is 38.8 Å². The van der Waals surface area contributed by atoms with Crippen LogP contribution in [0.3, 0.4) is 0 Å². The Bertz CT molecular complexity index is 525. The van der Waals surface area contributed by atoms with Crippen molar-refractivity contribution < 1.29 is 31.6 Å². The highest BCUT2D eigenvalue weighted by atomic mass is 32.3. The molecule has 9 heteroatoms. The number of nitrogens with one attached hydrogen (secondary N) is 1. The van der Waals surface area contributed by atoms with E-state index in [-0.39, 0.29) is 12.6 Å². The molecule has 1 aliphatic rings. The van der Waals surface area contributed by atoms with Gasteiger partial charge in [0.15, 0.2) is 6.67 Å². The van der Waals surface area contributed by atoms with E-state index in [1.54, 1.807) is 0 Å². The van der Waals surface area contributed by atoms with Gasteiger partial charge in [-0.3, -0.25) is 13.9 Å². The highest BCUT2D eigenvalue weighted by Crippen LogP contribution is 2.05. The van der Waals surface area contributed by atoms with Gasteiger partial charge in [-0.05, 0) is 12.8 Å². The summed E-state index contributed by atoms with van der Waals surface area (Å²) in [6, 6.07) is 0. The fourth-order valence-electron chi connectivity index (χ4n) is 2.56. The molecule has 0 fully saturated rings. The molecule has 0 aliphatic carbocycles. The number of carbonyl (C=O) groups excluding carboxylic acids is 1. The van der Waals surface area contributed by atoms with Crippen LogP contribution in [0.15, 0.2) is 12.4 Å². The number of nitrogens with zero attached hydrogens (tertiary/aromatic N) is 1. The maximum absolute atomic E-state index is 11.4. The van der Waals surface area contributed by atoms with E-state index >= 15 is 0 Å². The van der Waals surface area contributed by atoms with Gasteiger partial charge in [-0.15, -0.1) is 0 Å². The number of quaternary nitrogens is 1. The van der Waals surface area contributed by atoms with Gasteiger partial charge in [-0.1, -0.05) is 58.8 Å². The van der Waals surface area contributed by atoms with Crippen molar-refractivity contribution in [2.45, 2.75) is 71.6 Å². The molecule has 0 aromatic carbocycles. The minimum atomic E-state index is -4.47. The topological polar surface area (TPSA) is 100 Å². The van der Waals surface area contributed by atoms with Crippen LogP contribution in [0.5, 0.6) is 0 Å². The van der Waals surface area contributed by atoms with E-state index in [0.29, 0.717) is 19.6 Å². The van der Waals surface area contributed by atoms with Crippen LogP contribution >= 0.6 is 0 Å². The maximum atomic E-state index is 11.4. The molecule has 28 heavy (non-hydrogen) atoms. The predicted molar refractivity (Wildman–Crippen MR) is 107 cm³/mol. The number of esters is 1. The Kier molecular flexibility index (Phi) is 16.1. The van der Waals surface area contributed by atoms with Crippen molar-refractivity contribution in [3.8, 4) is 0 Å². The van der Waals surface area contributed by atoms with Crippen LogP contribution in [0.2, 0.25) is 0 Å². The van der Waals surface area contributed by atoms with Gasteiger partial charge >= 0.3 is 5.97 Å². The SMILES string of the molecule is CCCCCCCCOS(=O)(=O)[O-].CCCCCOC(=O)CN1C=C[NH+](C)C1. The minimum absolute atomic E-state index is 0.0258. The standard InChI is InChI=1S/C11H20N2O2.C8H18O4S/c1-3-4-5-8-15-11(14)9-13-7-6-12(2)10-13;1-2-3-4-5-6-7-8-12-13(9,10)11/h6-7H,3-5,8-10H2,1-2H3;2-8H2,1H3,(H,9,10,11). The number of ether oxygens (including phenoxy) is 1. The van der Waals surface area contributed by atoms with Crippen LogP contribution in [0.4, 0.5) is 0 Å². The molecule has 1 aliphatic heterocycles. The molecule has 8 nitrogen and oxygen atoms in total. The Balaban J connectivity index is 0.000000528. The number of hydrogen-bond donors (Lipinski definition) is 1. The summed E-state index contributed by atoms with van der Waals surface area (Å²) in [7, 11) is -2.41. The Morgan fingerprint density at radius 2 is 1.61 bits per heavy atom. The fraction of sp³-hybridized carbons (Fsp3) is 0.842. The second kappa shape index (κ2) is 16.8. The van der Waals surface area contributed by atoms with Gasteiger partial charge in [-0.25, -0.2) is 8.42 Å². The molecule has 0 saturated carbocycles. The lowest BCUT2D eigenvalue weighted by Gasteiger charge is -2.13. The lowest BCUT2D eigenvalue weighted by atomic mass is 10.1. The molecule has 1 N–H and O–H groups in total. The molecule has 0 aromatic rings. The number of rotatable bonds is 14. The second-order valence-corrected chi connectivity index (χ2v) is 8.04. The van der Waals surface area contributed by atoms with Gasteiger partial charge in [0, 0.05) is 0 Å². The zero-order chi connectivity index (χ0) is 21.3. The third kappa shape index (κ3) is 18.2. The summed E-state index contributed by atoms with van der Waals surface area (Å²) in [6.07, 6.45) is 13.4. The minimum Gasteiger partial charge on any atom is -0.726 e. The third-order valence-electron chi connectivity index (χ3n) is 4.09. The number of unbranched alkanes of at least 4 members (excludes halogenated alkanes) is 7. The van der Waals surface area contributed by atoms with Gasteiger partial charge in [0.2, 0.25) is 10.4 Å². The molecule has 0 spiro atoms. The summed E-state index contributed by atoms with van der Waals surface area (Å²) < 4.78 is 39.1. The zero-order valence-electron chi connectivity index (χ0n) is 17.7. The fourth-order valence-corrected chi connectivity index (χ4v) is 2.88. The van der Waals surface area contributed by atoms with Crippen molar-refractivity contribution in [3.05, 3.63) is 12.4 Å². The summed E-state index contributed by atoms with van der Waals surface area (Å²) in [5, 5.41) is 0. The normalized spacial score (nSPS) is 16.0. The van der Waals surface area contributed by atoms with E-state index in [4.69, 9.17) is 4.74 Å². The van der Waals surface area contributed by atoms with E-state index in [1.165, 1.54) is 24.2 Å². The van der Waals surface area contributed by atoms with E-state index < -0.39 is 10.4 Å². The van der Waals surface area contributed by atoms with E-state index in [9.17, 15) is 17.8 Å². The van der Waals surface area contributed by atoms with Crippen LogP contribution in [-0.4, -0.2) is 57.3 Å². The summed E-state index contributed by atoms with van der Waals surface area (Å²) in [5.41, 5.74) is 0. The largest absolute Gasteiger partial charge is 0.726 e. The third-order valence-corrected chi connectivity index (χ3v) is 4.55. The molecular weight excluding hydrogens is 384 g/mol. The van der Waals surface area contributed by atoms with Crippen molar-refractivity contribution in [2.75, 3.05) is 33.5 Å². The van der Waals surface area contributed by atoms with Crippen LogP contribution in [0, 0.1) is 0 Å². The molecule has 1 rings (SSSR count). The van der Waals surface area contributed by atoms with E-state index in [1.807, 2.05) is 17.3 Å². The van der Waals surface area contributed by atoms with Crippen molar-refractivity contribution in [3.63, 3.8) is 0 Å². The predicted octanol–water partition coefficient (Wildman–Crippen LogP) is 1.80. The number of carbonyl (C=O) groups is 1. The first-order chi connectivity index (χ1) is 13.3. The van der Waals surface area contributed by atoms with Crippen molar-refractivity contribution in [2.24, 2.45) is 0 Å². The average Bonchev–Trinajstić information content (AvgIpc) is 3.02.